The summed E-state index contributed by atoms with van der Waals surface area (Å²) in [4.78, 5) is 11.9. The highest BCUT2D eigenvalue weighted by Gasteiger charge is 2.51. The number of rotatable bonds is 0. The minimum atomic E-state index is 0.186. The van der Waals surface area contributed by atoms with E-state index in [9.17, 15) is 4.79 Å². The van der Waals surface area contributed by atoms with E-state index >= 15 is 0 Å². The summed E-state index contributed by atoms with van der Waals surface area (Å²) in [7, 11) is 0. The van der Waals surface area contributed by atoms with E-state index in [2.05, 4.69) is 6.92 Å². The van der Waals surface area contributed by atoms with Crippen molar-refractivity contribution in [1.29, 1.82) is 0 Å². The number of hydrogen-bond donors (Lipinski definition) is 0. The van der Waals surface area contributed by atoms with E-state index in [0.29, 0.717) is 18.3 Å². The van der Waals surface area contributed by atoms with Crippen LogP contribution in [-0.2, 0) is 14.3 Å². The van der Waals surface area contributed by atoms with E-state index in [1.165, 1.54) is 12.0 Å². The first-order chi connectivity index (χ1) is 9.68. The van der Waals surface area contributed by atoms with Gasteiger partial charge in [-0.2, -0.15) is 0 Å². The largest absolute Gasteiger partial charge is 0.493 e. The minimum absolute atomic E-state index is 0.186. The van der Waals surface area contributed by atoms with Crippen LogP contribution in [0.5, 0.6) is 0 Å². The lowest BCUT2D eigenvalue weighted by Gasteiger charge is -2.53. The van der Waals surface area contributed by atoms with E-state index < -0.39 is 0 Å². The minimum Gasteiger partial charge on any atom is -0.493 e. The van der Waals surface area contributed by atoms with Gasteiger partial charge in [0.2, 0.25) is 0 Å². The van der Waals surface area contributed by atoms with E-state index in [-0.39, 0.29) is 11.5 Å². The molecule has 0 N–H and O–H groups in total. The number of carbonyl (C=O) groups is 1. The molecule has 0 bridgehead atoms. The zero-order chi connectivity index (χ0) is 13.7. The molecule has 3 fully saturated rings. The maximum Gasteiger partial charge on any atom is 0.133 e. The van der Waals surface area contributed by atoms with Crippen LogP contribution < -0.4 is 0 Å². The summed E-state index contributed by atoms with van der Waals surface area (Å²) in [5.74, 6) is 2.91. The molecule has 4 aliphatic rings. The van der Waals surface area contributed by atoms with Crippen molar-refractivity contribution in [2.75, 3.05) is 13.2 Å². The first kappa shape index (κ1) is 12.9. The summed E-state index contributed by atoms with van der Waals surface area (Å²) in [6.07, 6.45) is 7.53. The van der Waals surface area contributed by atoms with Crippen LogP contribution in [0, 0.1) is 17.3 Å². The second kappa shape index (κ2) is 4.59. The number of Topliss-reactive ketones (excluding diaryl/α,β-unsaturated/α-hetero) is 1. The average Bonchev–Trinajstić information content (AvgIpc) is 2.47. The Morgan fingerprint density at radius 3 is 2.90 bits per heavy atom. The second-order valence-electron chi connectivity index (χ2n) is 7.19. The normalized spacial score (nSPS) is 44.2. The molecule has 3 heteroatoms. The Hall–Kier alpha value is -0.830. The van der Waals surface area contributed by atoms with Crippen molar-refractivity contribution in [2.24, 2.45) is 17.3 Å². The van der Waals surface area contributed by atoms with E-state index in [1.807, 2.05) is 0 Å². The van der Waals surface area contributed by atoms with Gasteiger partial charge in [0.25, 0.3) is 0 Å². The quantitative estimate of drug-likeness (QED) is 0.681. The van der Waals surface area contributed by atoms with Crippen LogP contribution in [0.25, 0.3) is 0 Å². The fourth-order valence-electron chi connectivity index (χ4n) is 5.17. The predicted octanol–water partition coefficient (Wildman–Crippen LogP) is 3.24. The third-order valence-corrected chi connectivity index (χ3v) is 6.26. The Labute approximate surface area is 120 Å². The molecule has 4 atom stereocenters. The van der Waals surface area contributed by atoms with Gasteiger partial charge in [-0.3, -0.25) is 4.79 Å². The number of ether oxygens (including phenoxy) is 2. The number of hydrogen-bond acceptors (Lipinski definition) is 3. The molecule has 1 saturated heterocycles. The van der Waals surface area contributed by atoms with E-state index in [0.717, 1.165) is 56.8 Å². The molecule has 1 heterocycles. The summed E-state index contributed by atoms with van der Waals surface area (Å²) in [6, 6.07) is 0. The maximum absolute atomic E-state index is 11.9. The Bertz CT molecular complexity index is 467. The molecular formula is C17H24O3. The summed E-state index contributed by atoms with van der Waals surface area (Å²) in [5.41, 5.74) is 1.68. The van der Waals surface area contributed by atoms with E-state index in [4.69, 9.17) is 9.47 Å². The molecule has 110 valence electrons. The Morgan fingerprint density at radius 1 is 1.15 bits per heavy atom. The predicted molar refractivity (Wildman–Crippen MR) is 75.1 cm³/mol. The topological polar surface area (TPSA) is 35.5 Å². The first-order valence-corrected chi connectivity index (χ1v) is 8.18. The first-order valence-electron chi connectivity index (χ1n) is 8.18. The lowest BCUT2D eigenvalue weighted by Crippen LogP contribution is -2.47. The van der Waals surface area contributed by atoms with Gasteiger partial charge in [0.1, 0.15) is 24.3 Å². The molecule has 0 spiro atoms. The van der Waals surface area contributed by atoms with Crippen molar-refractivity contribution < 1.29 is 14.3 Å². The molecule has 4 rings (SSSR count). The molecule has 2 unspecified atom stereocenters. The average molecular weight is 276 g/mol. The summed E-state index contributed by atoms with van der Waals surface area (Å²) in [6.45, 7) is 3.81. The van der Waals surface area contributed by atoms with Crippen LogP contribution in [0.3, 0.4) is 0 Å². The number of carbonyl (C=O) groups excluding carboxylic acids is 1. The molecule has 1 aliphatic heterocycles. The fraction of sp³-hybridized carbons (Fsp3) is 0.824. The molecule has 2 saturated carbocycles. The van der Waals surface area contributed by atoms with Gasteiger partial charge in [-0.1, -0.05) is 6.92 Å². The molecule has 0 radical (unpaired) electrons. The third kappa shape index (κ3) is 1.78. The van der Waals surface area contributed by atoms with Gasteiger partial charge in [0.15, 0.2) is 0 Å². The Balaban J connectivity index is 1.73. The van der Waals surface area contributed by atoms with Crippen LogP contribution in [0.2, 0.25) is 0 Å². The summed E-state index contributed by atoms with van der Waals surface area (Å²) >= 11 is 0. The van der Waals surface area contributed by atoms with Crippen molar-refractivity contribution in [2.45, 2.75) is 58.0 Å². The molecule has 0 aromatic rings. The second-order valence-corrected chi connectivity index (χ2v) is 7.19. The van der Waals surface area contributed by atoms with Crippen molar-refractivity contribution in [1.82, 2.24) is 0 Å². The molecule has 20 heavy (non-hydrogen) atoms. The standard InChI is InChI=1S/C17H24O3/c1-17-7-6-15-16(20-9-8-19-15)13(17)5-3-11-2-4-12(18)10-14(11)17/h11,14-15H,2-10H2,1H3/t11-,14?,15?,17-/m1/s1. The Morgan fingerprint density at radius 2 is 2.00 bits per heavy atom. The van der Waals surface area contributed by atoms with Crippen molar-refractivity contribution in [3.05, 3.63) is 11.3 Å². The SMILES string of the molecule is C[C@@]12CCC3OCCOC3=C1CC[C@H]1CCC(=O)CC12. The monoisotopic (exact) mass is 276 g/mol. The van der Waals surface area contributed by atoms with Gasteiger partial charge >= 0.3 is 0 Å². The lowest BCUT2D eigenvalue weighted by molar-refractivity contribution is -0.126. The highest BCUT2D eigenvalue weighted by atomic mass is 16.6. The molecular weight excluding hydrogens is 252 g/mol. The van der Waals surface area contributed by atoms with Gasteiger partial charge in [0, 0.05) is 12.8 Å². The van der Waals surface area contributed by atoms with Gasteiger partial charge in [-0.05, 0) is 54.9 Å². The van der Waals surface area contributed by atoms with E-state index in [1.54, 1.807) is 0 Å². The molecule has 3 nitrogen and oxygen atoms in total. The Kier molecular flexibility index (Phi) is 2.95. The third-order valence-electron chi connectivity index (χ3n) is 6.26. The smallest absolute Gasteiger partial charge is 0.133 e. The number of allylic oxidation sites excluding steroid dienone is 1. The zero-order valence-corrected chi connectivity index (χ0v) is 12.3. The molecule has 3 aliphatic carbocycles. The number of fused-ring (bicyclic) bond motifs is 4. The van der Waals surface area contributed by atoms with Crippen LogP contribution >= 0.6 is 0 Å². The van der Waals surface area contributed by atoms with Gasteiger partial charge in [-0.25, -0.2) is 0 Å². The number of ketones is 1. The zero-order valence-electron chi connectivity index (χ0n) is 12.3. The van der Waals surface area contributed by atoms with Crippen LogP contribution in [0.15, 0.2) is 11.3 Å². The van der Waals surface area contributed by atoms with Crippen molar-refractivity contribution >= 4 is 5.78 Å². The van der Waals surface area contributed by atoms with Crippen LogP contribution in [-0.4, -0.2) is 25.1 Å². The van der Waals surface area contributed by atoms with Crippen LogP contribution in [0.1, 0.15) is 51.9 Å². The molecule has 0 amide bonds. The van der Waals surface area contributed by atoms with Crippen molar-refractivity contribution in [3.63, 3.8) is 0 Å². The molecule has 0 aromatic heterocycles. The fourth-order valence-corrected chi connectivity index (χ4v) is 5.17. The lowest BCUT2D eigenvalue weighted by atomic mass is 9.52. The van der Waals surface area contributed by atoms with Gasteiger partial charge < -0.3 is 9.47 Å². The molecule has 0 aromatic carbocycles. The summed E-state index contributed by atoms with van der Waals surface area (Å²) < 4.78 is 11.9. The van der Waals surface area contributed by atoms with Crippen molar-refractivity contribution in [3.8, 4) is 0 Å². The maximum atomic E-state index is 11.9. The van der Waals surface area contributed by atoms with Crippen LogP contribution in [0.4, 0.5) is 0 Å². The highest BCUT2D eigenvalue weighted by molar-refractivity contribution is 5.79. The van der Waals surface area contributed by atoms with Gasteiger partial charge in [0.05, 0.1) is 6.61 Å². The highest BCUT2D eigenvalue weighted by Crippen LogP contribution is 2.58. The summed E-state index contributed by atoms with van der Waals surface area (Å²) in [5, 5.41) is 0. The van der Waals surface area contributed by atoms with Gasteiger partial charge in [-0.15, -0.1) is 0 Å².